The van der Waals surface area contributed by atoms with Crippen molar-refractivity contribution in [2.24, 2.45) is 5.73 Å². The first-order chi connectivity index (χ1) is 8.38. The van der Waals surface area contributed by atoms with E-state index in [2.05, 4.69) is 10.1 Å². The SMILES string of the molecule is N[C@@H](CCO)C(=O)O.O=C1N[C@H](C(=O)O)CCO1. The van der Waals surface area contributed by atoms with E-state index in [0.29, 0.717) is 6.42 Å². The van der Waals surface area contributed by atoms with Crippen LogP contribution in [0.4, 0.5) is 4.79 Å². The molecule has 1 fully saturated rings. The zero-order valence-corrected chi connectivity index (χ0v) is 9.54. The molecule has 1 amide bonds. The van der Waals surface area contributed by atoms with Gasteiger partial charge in [-0.25, -0.2) is 9.59 Å². The summed E-state index contributed by atoms with van der Waals surface area (Å²) in [6, 6.07) is -1.69. The van der Waals surface area contributed by atoms with E-state index >= 15 is 0 Å². The van der Waals surface area contributed by atoms with Crippen LogP contribution in [0, 0.1) is 0 Å². The molecule has 1 heterocycles. The molecule has 9 nitrogen and oxygen atoms in total. The van der Waals surface area contributed by atoms with E-state index in [4.69, 9.17) is 21.1 Å². The molecule has 0 spiro atoms. The average Bonchev–Trinajstić information content (AvgIpc) is 2.30. The molecule has 9 heteroatoms. The third kappa shape index (κ3) is 6.66. The number of hydrogen-bond acceptors (Lipinski definition) is 6. The Balaban J connectivity index is 0.000000331. The summed E-state index contributed by atoms with van der Waals surface area (Å²) >= 11 is 0. The fourth-order valence-electron chi connectivity index (χ4n) is 0.973. The maximum Gasteiger partial charge on any atom is 0.407 e. The Morgan fingerprint density at radius 2 is 2.11 bits per heavy atom. The number of carbonyl (C=O) groups is 3. The first-order valence-electron chi connectivity index (χ1n) is 5.13. The van der Waals surface area contributed by atoms with Crippen molar-refractivity contribution in [3.05, 3.63) is 0 Å². The van der Waals surface area contributed by atoms with E-state index in [0.717, 1.165) is 0 Å². The van der Waals surface area contributed by atoms with Crippen LogP contribution in [0.3, 0.4) is 0 Å². The van der Waals surface area contributed by atoms with Crippen LogP contribution in [-0.4, -0.2) is 58.6 Å². The van der Waals surface area contributed by atoms with E-state index in [1.807, 2.05) is 0 Å². The Labute approximate surface area is 103 Å². The minimum atomic E-state index is -1.07. The van der Waals surface area contributed by atoms with Crippen LogP contribution >= 0.6 is 0 Å². The van der Waals surface area contributed by atoms with E-state index in [1.165, 1.54) is 0 Å². The first-order valence-corrected chi connectivity index (χ1v) is 5.13. The van der Waals surface area contributed by atoms with Crippen LogP contribution in [0.15, 0.2) is 0 Å². The number of carbonyl (C=O) groups excluding carboxylic acids is 1. The molecule has 1 saturated heterocycles. The normalized spacial score (nSPS) is 19.7. The van der Waals surface area contributed by atoms with Gasteiger partial charge in [0.15, 0.2) is 0 Å². The Kier molecular flexibility index (Phi) is 7.40. The number of hydrogen-bond donors (Lipinski definition) is 5. The molecule has 0 radical (unpaired) electrons. The van der Waals surface area contributed by atoms with Crippen LogP contribution in [0.2, 0.25) is 0 Å². The summed E-state index contributed by atoms with van der Waals surface area (Å²) in [6.07, 6.45) is -0.199. The maximum absolute atomic E-state index is 10.4. The molecular formula is C9H16N2O7. The van der Waals surface area contributed by atoms with Gasteiger partial charge in [0.1, 0.15) is 12.1 Å². The van der Waals surface area contributed by atoms with Gasteiger partial charge in [0.25, 0.3) is 0 Å². The predicted octanol–water partition coefficient (Wildman–Crippen LogP) is -1.65. The standard InChI is InChI=1S/C5H7NO4.C4H9NO3/c7-4(8)3-1-2-10-5(9)6-3;5-3(1-2-6)4(7)8/h3H,1-2H2,(H,6,9)(H,7,8);3,6H,1-2,5H2,(H,7,8)/t2*3-/m00/s1. The number of ether oxygens (including phenoxy) is 1. The third-order valence-corrected chi connectivity index (χ3v) is 1.99. The van der Waals surface area contributed by atoms with Gasteiger partial charge in [-0.3, -0.25) is 4.79 Å². The quantitative estimate of drug-likeness (QED) is 0.403. The van der Waals surface area contributed by atoms with Crippen molar-refractivity contribution in [3.8, 4) is 0 Å². The Morgan fingerprint density at radius 3 is 2.39 bits per heavy atom. The van der Waals surface area contributed by atoms with Crippen molar-refractivity contribution in [2.75, 3.05) is 13.2 Å². The molecule has 1 aliphatic heterocycles. The summed E-state index contributed by atoms with van der Waals surface area (Å²) in [5.74, 6) is -2.09. The lowest BCUT2D eigenvalue weighted by Gasteiger charge is -2.19. The van der Waals surface area contributed by atoms with Crippen LogP contribution in [0.1, 0.15) is 12.8 Å². The second-order valence-electron chi connectivity index (χ2n) is 3.42. The largest absolute Gasteiger partial charge is 0.480 e. The van der Waals surface area contributed by atoms with Gasteiger partial charge in [-0.05, 0) is 6.42 Å². The lowest BCUT2D eigenvalue weighted by Crippen LogP contribution is -2.45. The Morgan fingerprint density at radius 1 is 1.50 bits per heavy atom. The highest BCUT2D eigenvalue weighted by Crippen LogP contribution is 2.00. The summed E-state index contributed by atoms with van der Waals surface area (Å²) in [7, 11) is 0. The van der Waals surface area contributed by atoms with Gasteiger partial charge in [0.2, 0.25) is 0 Å². The Bertz CT molecular complexity index is 305. The van der Waals surface area contributed by atoms with Crippen LogP contribution in [-0.2, 0) is 14.3 Å². The van der Waals surface area contributed by atoms with Gasteiger partial charge >= 0.3 is 18.0 Å². The molecule has 0 aromatic heterocycles. The molecule has 104 valence electrons. The monoisotopic (exact) mass is 264 g/mol. The Hall–Kier alpha value is -1.87. The number of nitrogens with two attached hydrogens (primary N) is 1. The maximum atomic E-state index is 10.4. The number of cyclic esters (lactones) is 1. The van der Waals surface area contributed by atoms with E-state index in [9.17, 15) is 14.4 Å². The summed E-state index contributed by atoms with van der Waals surface area (Å²) < 4.78 is 4.44. The molecule has 0 aromatic rings. The fourth-order valence-corrected chi connectivity index (χ4v) is 0.973. The summed E-state index contributed by atoms with van der Waals surface area (Å²) in [6.45, 7) is 0.0102. The average molecular weight is 264 g/mol. The smallest absolute Gasteiger partial charge is 0.407 e. The number of carboxylic acids is 2. The van der Waals surface area contributed by atoms with Gasteiger partial charge in [-0.2, -0.15) is 0 Å². The molecule has 18 heavy (non-hydrogen) atoms. The summed E-state index contributed by atoms with van der Waals surface area (Å²) in [4.78, 5) is 30.5. The van der Waals surface area contributed by atoms with Gasteiger partial charge in [0.05, 0.1) is 6.61 Å². The molecule has 2 atom stereocenters. The minimum Gasteiger partial charge on any atom is -0.480 e. The highest BCUT2D eigenvalue weighted by Gasteiger charge is 2.24. The van der Waals surface area contributed by atoms with Crippen molar-refractivity contribution in [1.29, 1.82) is 0 Å². The van der Waals surface area contributed by atoms with Crippen molar-refractivity contribution < 1.29 is 34.4 Å². The van der Waals surface area contributed by atoms with Crippen molar-refractivity contribution in [1.82, 2.24) is 5.32 Å². The topological polar surface area (TPSA) is 159 Å². The first kappa shape index (κ1) is 16.1. The van der Waals surface area contributed by atoms with Crippen molar-refractivity contribution >= 4 is 18.0 Å². The van der Waals surface area contributed by atoms with E-state index in [-0.39, 0.29) is 19.6 Å². The molecule has 0 bridgehead atoms. The van der Waals surface area contributed by atoms with E-state index in [1.54, 1.807) is 0 Å². The second-order valence-corrected chi connectivity index (χ2v) is 3.42. The molecular weight excluding hydrogens is 248 g/mol. The number of aliphatic hydroxyl groups is 1. The second kappa shape index (κ2) is 8.25. The number of rotatable bonds is 4. The zero-order chi connectivity index (χ0) is 14.1. The number of carboxylic acid groups (broad SMARTS) is 2. The number of aliphatic hydroxyl groups excluding tert-OH is 1. The highest BCUT2D eigenvalue weighted by atomic mass is 16.6. The lowest BCUT2D eigenvalue weighted by molar-refractivity contribution is -0.140. The number of alkyl carbamates (subject to hydrolysis) is 1. The molecule has 1 rings (SSSR count). The zero-order valence-electron chi connectivity index (χ0n) is 9.54. The lowest BCUT2D eigenvalue weighted by atomic mass is 10.2. The van der Waals surface area contributed by atoms with Gasteiger partial charge in [-0.1, -0.05) is 0 Å². The van der Waals surface area contributed by atoms with Crippen molar-refractivity contribution in [2.45, 2.75) is 24.9 Å². The summed E-state index contributed by atoms with van der Waals surface area (Å²) in [5.41, 5.74) is 4.97. The van der Waals surface area contributed by atoms with Crippen LogP contribution < -0.4 is 11.1 Å². The highest BCUT2D eigenvalue weighted by molar-refractivity contribution is 5.80. The number of aliphatic carboxylic acids is 2. The minimum absolute atomic E-state index is 0.120. The molecule has 0 aliphatic carbocycles. The van der Waals surface area contributed by atoms with Crippen LogP contribution in [0.25, 0.3) is 0 Å². The molecule has 0 unspecified atom stereocenters. The molecule has 0 aromatic carbocycles. The number of nitrogens with one attached hydrogen (secondary N) is 1. The number of amides is 1. The van der Waals surface area contributed by atoms with Crippen LogP contribution in [0.5, 0.6) is 0 Å². The molecule has 1 aliphatic rings. The predicted molar refractivity (Wildman–Crippen MR) is 57.8 cm³/mol. The molecule has 0 saturated carbocycles. The van der Waals surface area contributed by atoms with Crippen molar-refractivity contribution in [3.63, 3.8) is 0 Å². The van der Waals surface area contributed by atoms with Gasteiger partial charge in [-0.15, -0.1) is 0 Å². The summed E-state index contributed by atoms with van der Waals surface area (Å²) in [5, 5.41) is 26.8. The van der Waals surface area contributed by atoms with E-state index < -0.39 is 30.1 Å². The third-order valence-electron chi connectivity index (χ3n) is 1.99. The van der Waals surface area contributed by atoms with Gasteiger partial charge in [0, 0.05) is 13.0 Å². The molecule has 6 N–H and O–H groups in total. The fraction of sp³-hybridized carbons (Fsp3) is 0.667. The van der Waals surface area contributed by atoms with Gasteiger partial charge < -0.3 is 31.1 Å².